The van der Waals surface area contributed by atoms with Crippen molar-refractivity contribution in [3.63, 3.8) is 0 Å². The smallest absolute Gasteiger partial charge is 0.253 e. The summed E-state index contributed by atoms with van der Waals surface area (Å²) >= 11 is 0. The fourth-order valence-electron chi connectivity index (χ4n) is 3.94. The number of hydrogen-bond acceptors (Lipinski definition) is 4. The van der Waals surface area contributed by atoms with Gasteiger partial charge in [0.2, 0.25) is 5.91 Å². The highest BCUT2D eigenvalue weighted by Crippen LogP contribution is 2.24. The van der Waals surface area contributed by atoms with E-state index in [1.54, 1.807) is 12.1 Å². The first-order chi connectivity index (χ1) is 15.2. The van der Waals surface area contributed by atoms with Crippen molar-refractivity contribution >= 4 is 17.5 Å². The minimum atomic E-state index is -0.344. The van der Waals surface area contributed by atoms with E-state index in [0.717, 1.165) is 38.2 Å². The number of carbonyl (C=O) groups excluding carboxylic acids is 2. The third-order valence-electron chi connectivity index (χ3n) is 5.49. The Labute approximate surface area is 191 Å². The molecule has 1 aliphatic heterocycles. The van der Waals surface area contributed by atoms with Crippen LogP contribution in [0.3, 0.4) is 0 Å². The van der Waals surface area contributed by atoms with Gasteiger partial charge in [-0.05, 0) is 83.5 Å². The van der Waals surface area contributed by atoms with Gasteiger partial charge in [0.1, 0.15) is 5.75 Å². The molecule has 0 bridgehead atoms. The van der Waals surface area contributed by atoms with E-state index in [9.17, 15) is 9.59 Å². The number of likely N-dealkylation sites (tertiary alicyclic amines) is 1. The molecular weight excluding hydrogens is 402 g/mol. The summed E-state index contributed by atoms with van der Waals surface area (Å²) in [7, 11) is 0. The average molecular weight is 438 g/mol. The number of anilines is 1. The zero-order valence-electron chi connectivity index (χ0n) is 19.6. The molecule has 0 radical (unpaired) electrons. The highest BCUT2D eigenvalue weighted by atomic mass is 16.5. The number of para-hydroxylation sites is 1. The molecule has 2 N–H and O–H groups in total. The molecule has 0 atom stereocenters. The summed E-state index contributed by atoms with van der Waals surface area (Å²) in [5.74, 6) is 0.643. The zero-order chi connectivity index (χ0) is 23.1. The molecule has 2 aromatic carbocycles. The average Bonchev–Trinajstić information content (AvgIpc) is 2.74. The van der Waals surface area contributed by atoms with E-state index in [1.807, 2.05) is 52.0 Å². The van der Waals surface area contributed by atoms with Gasteiger partial charge in [0.25, 0.3) is 5.91 Å². The quantitative estimate of drug-likeness (QED) is 0.671. The summed E-state index contributed by atoms with van der Waals surface area (Å²) in [6.07, 6.45) is 1.60. The van der Waals surface area contributed by atoms with Crippen molar-refractivity contribution in [3.8, 4) is 5.75 Å². The fourth-order valence-corrected chi connectivity index (χ4v) is 3.94. The maximum absolute atomic E-state index is 12.9. The number of benzene rings is 2. The molecule has 172 valence electrons. The number of rotatable bonds is 7. The highest BCUT2D eigenvalue weighted by molar-refractivity contribution is 6.04. The summed E-state index contributed by atoms with van der Waals surface area (Å²) in [6, 6.07) is 15.4. The van der Waals surface area contributed by atoms with Gasteiger partial charge in [0, 0.05) is 18.0 Å². The highest BCUT2D eigenvalue weighted by Gasteiger charge is 2.26. The van der Waals surface area contributed by atoms with E-state index in [-0.39, 0.29) is 23.3 Å². The molecule has 0 unspecified atom stereocenters. The summed E-state index contributed by atoms with van der Waals surface area (Å²) < 4.78 is 5.59. The van der Waals surface area contributed by atoms with Crippen LogP contribution in [0.15, 0.2) is 48.5 Å². The second-order valence-corrected chi connectivity index (χ2v) is 9.37. The van der Waals surface area contributed by atoms with Gasteiger partial charge in [0.15, 0.2) is 0 Å². The number of nitrogens with one attached hydrogen (secondary N) is 2. The number of amides is 2. The Kier molecular flexibility index (Phi) is 7.91. The molecule has 32 heavy (non-hydrogen) atoms. The van der Waals surface area contributed by atoms with Crippen LogP contribution >= 0.6 is 0 Å². The molecular formula is C26H35N3O3. The molecule has 2 amide bonds. The van der Waals surface area contributed by atoms with E-state index >= 15 is 0 Å². The lowest BCUT2D eigenvalue weighted by Crippen LogP contribution is -2.41. The minimum absolute atomic E-state index is 0.0148. The third kappa shape index (κ3) is 6.82. The molecule has 1 saturated heterocycles. The van der Waals surface area contributed by atoms with Crippen molar-refractivity contribution < 1.29 is 14.3 Å². The molecule has 0 aromatic heterocycles. The van der Waals surface area contributed by atoms with Crippen molar-refractivity contribution in [2.45, 2.75) is 52.6 Å². The van der Waals surface area contributed by atoms with Crippen molar-refractivity contribution in [2.24, 2.45) is 5.92 Å². The molecule has 1 heterocycles. The SMILES string of the molecule is CCOc1cccc(CN2CCC(C(=O)Nc3ccccc3C(=O)NC(C)(C)C)CC2)c1. The lowest BCUT2D eigenvalue weighted by atomic mass is 9.95. The molecule has 3 rings (SSSR count). The van der Waals surface area contributed by atoms with E-state index in [0.29, 0.717) is 17.9 Å². The fraction of sp³-hybridized carbons (Fsp3) is 0.462. The van der Waals surface area contributed by atoms with Crippen LogP contribution in [0, 0.1) is 5.92 Å². The Hall–Kier alpha value is -2.86. The van der Waals surface area contributed by atoms with Gasteiger partial charge in [-0.3, -0.25) is 14.5 Å². The predicted molar refractivity (Wildman–Crippen MR) is 128 cm³/mol. The first-order valence-electron chi connectivity index (χ1n) is 11.4. The largest absolute Gasteiger partial charge is 0.494 e. The number of nitrogens with zero attached hydrogens (tertiary/aromatic N) is 1. The monoisotopic (exact) mass is 437 g/mol. The van der Waals surface area contributed by atoms with Gasteiger partial charge in [-0.25, -0.2) is 0 Å². The molecule has 0 aliphatic carbocycles. The third-order valence-corrected chi connectivity index (χ3v) is 5.49. The molecule has 2 aromatic rings. The molecule has 0 spiro atoms. The first kappa shape index (κ1) is 23.8. The summed E-state index contributed by atoms with van der Waals surface area (Å²) in [6.45, 7) is 11.0. The maximum atomic E-state index is 12.9. The number of ether oxygens (including phenoxy) is 1. The number of carbonyl (C=O) groups is 2. The van der Waals surface area contributed by atoms with Gasteiger partial charge < -0.3 is 15.4 Å². The van der Waals surface area contributed by atoms with Crippen molar-refractivity contribution in [2.75, 3.05) is 25.0 Å². The van der Waals surface area contributed by atoms with Gasteiger partial charge in [0.05, 0.1) is 17.9 Å². The van der Waals surface area contributed by atoms with E-state index in [1.165, 1.54) is 5.56 Å². The van der Waals surface area contributed by atoms with Crippen LogP contribution in [0.5, 0.6) is 5.75 Å². The Morgan fingerprint density at radius 1 is 1.06 bits per heavy atom. The van der Waals surface area contributed by atoms with Crippen molar-refractivity contribution in [3.05, 3.63) is 59.7 Å². The maximum Gasteiger partial charge on any atom is 0.253 e. The van der Waals surface area contributed by atoms with Gasteiger partial charge in [-0.2, -0.15) is 0 Å². The lowest BCUT2D eigenvalue weighted by Gasteiger charge is -2.31. The van der Waals surface area contributed by atoms with Crippen LogP contribution in [0.4, 0.5) is 5.69 Å². The van der Waals surface area contributed by atoms with Gasteiger partial charge >= 0.3 is 0 Å². The lowest BCUT2D eigenvalue weighted by molar-refractivity contribution is -0.121. The van der Waals surface area contributed by atoms with Gasteiger partial charge in [-0.15, -0.1) is 0 Å². The number of hydrogen-bond donors (Lipinski definition) is 2. The van der Waals surface area contributed by atoms with Crippen LogP contribution in [-0.2, 0) is 11.3 Å². The number of piperidine rings is 1. The van der Waals surface area contributed by atoms with Crippen LogP contribution < -0.4 is 15.4 Å². The molecule has 0 saturated carbocycles. The summed E-state index contributed by atoms with van der Waals surface area (Å²) in [4.78, 5) is 27.9. The molecule has 6 heteroatoms. The molecule has 1 aliphatic rings. The zero-order valence-corrected chi connectivity index (χ0v) is 19.6. The van der Waals surface area contributed by atoms with E-state index < -0.39 is 0 Å². The van der Waals surface area contributed by atoms with Crippen LogP contribution in [-0.4, -0.2) is 41.9 Å². The molecule has 1 fully saturated rings. The topological polar surface area (TPSA) is 70.7 Å². The normalized spacial score (nSPS) is 15.2. The van der Waals surface area contributed by atoms with Gasteiger partial charge in [-0.1, -0.05) is 24.3 Å². The van der Waals surface area contributed by atoms with Crippen LogP contribution in [0.25, 0.3) is 0 Å². The Bertz CT molecular complexity index is 928. The molecule has 6 nitrogen and oxygen atoms in total. The van der Waals surface area contributed by atoms with Crippen LogP contribution in [0.1, 0.15) is 56.5 Å². The first-order valence-corrected chi connectivity index (χ1v) is 11.4. The van der Waals surface area contributed by atoms with Crippen molar-refractivity contribution in [1.29, 1.82) is 0 Å². The van der Waals surface area contributed by atoms with Crippen LogP contribution in [0.2, 0.25) is 0 Å². The second kappa shape index (κ2) is 10.6. The minimum Gasteiger partial charge on any atom is -0.494 e. The summed E-state index contributed by atoms with van der Waals surface area (Å²) in [5, 5.41) is 5.96. The Morgan fingerprint density at radius 3 is 2.47 bits per heavy atom. The van der Waals surface area contributed by atoms with Crippen molar-refractivity contribution in [1.82, 2.24) is 10.2 Å². The summed E-state index contributed by atoms with van der Waals surface area (Å²) in [5.41, 5.74) is 1.93. The standard InChI is InChI=1S/C26H35N3O3/c1-5-32-21-10-8-9-19(17-21)18-29-15-13-20(14-16-29)24(30)27-23-12-7-6-11-22(23)25(31)28-26(2,3)4/h6-12,17,20H,5,13-16,18H2,1-4H3,(H,27,30)(H,28,31). The predicted octanol–water partition coefficient (Wildman–Crippen LogP) is 4.46. The van der Waals surface area contributed by atoms with E-state index in [4.69, 9.17) is 4.74 Å². The van der Waals surface area contributed by atoms with E-state index in [2.05, 4.69) is 27.7 Å². The second-order valence-electron chi connectivity index (χ2n) is 9.37. The Balaban J connectivity index is 1.55. The Morgan fingerprint density at radius 2 is 1.78 bits per heavy atom.